The Morgan fingerprint density at radius 2 is 1.97 bits per heavy atom. The Hall–Kier alpha value is -2.19. The first-order valence-corrected chi connectivity index (χ1v) is 11.4. The zero-order chi connectivity index (χ0) is 22.2. The summed E-state index contributed by atoms with van der Waals surface area (Å²) >= 11 is 0. The van der Waals surface area contributed by atoms with E-state index < -0.39 is 5.60 Å². The molecular formula is C23H35N5O3. The number of aromatic nitrogens is 4. The van der Waals surface area contributed by atoms with Gasteiger partial charge in [0.25, 0.3) is 0 Å². The van der Waals surface area contributed by atoms with E-state index in [1.807, 2.05) is 20.0 Å². The summed E-state index contributed by atoms with van der Waals surface area (Å²) in [6, 6.07) is 0.288. The number of hydrogen-bond donors (Lipinski definition) is 2. The fraction of sp³-hybridized carbons (Fsp3) is 0.696. The second-order valence-corrected chi connectivity index (χ2v) is 9.78. The molecule has 8 nitrogen and oxygen atoms in total. The average Bonchev–Trinajstić information content (AvgIpc) is 3.40. The minimum atomic E-state index is -0.988. The molecule has 1 aliphatic carbocycles. The van der Waals surface area contributed by atoms with Crippen molar-refractivity contribution in [1.29, 1.82) is 0 Å². The number of aliphatic hydroxyl groups is 1. The van der Waals surface area contributed by atoms with Gasteiger partial charge in [-0.25, -0.2) is 4.98 Å². The van der Waals surface area contributed by atoms with E-state index in [0.717, 1.165) is 26.1 Å². The van der Waals surface area contributed by atoms with E-state index in [9.17, 15) is 5.11 Å². The lowest BCUT2D eigenvalue weighted by Gasteiger charge is -2.31. The van der Waals surface area contributed by atoms with Crippen molar-refractivity contribution in [3.8, 4) is 11.9 Å². The molecule has 2 aromatic heterocycles. The van der Waals surface area contributed by atoms with Gasteiger partial charge in [0, 0.05) is 48.4 Å². The fourth-order valence-electron chi connectivity index (χ4n) is 5.26. The smallest absolute Gasteiger partial charge is 0.319 e. The molecule has 4 rings (SSSR count). The van der Waals surface area contributed by atoms with E-state index in [2.05, 4.69) is 45.8 Å². The first-order valence-electron chi connectivity index (χ1n) is 11.4. The zero-order valence-electron chi connectivity index (χ0n) is 19.3. The molecule has 1 saturated carbocycles. The van der Waals surface area contributed by atoms with Crippen molar-refractivity contribution in [1.82, 2.24) is 25.1 Å². The van der Waals surface area contributed by atoms with Gasteiger partial charge in [-0.15, -0.1) is 0 Å². The van der Waals surface area contributed by atoms with Crippen molar-refractivity contribution in [3.63, 3.8) is 0 Å². The summed E-state index contributed by atoms with van der Waals surface area (Å²) in [6.07, 6.45) is 5.32. The molecule has 31 heavy (non-hydrogen) atoms. The molecule has 170 valence electrons. The number of H-pyrrole nitrogens is 1. The molecule has 0 unspecified atom stereocenters. The molecule has 2 aromatic rings. The van der Waals surface area contributed by atoms with E-state index in [-0.39, 0.29) is 17.3 Å². The predicted molar refractivity (Wildman–Crippen MR) is 117 cm³/mol. The van der Waals surface area contributed by atoms with Crippen molar-refractivity contribution in [3.05, 3.63) is 29.2 Å². The maximum Gasteiger partial charge on any atom is 0.319 e. The van der Waals surface area contributed by atoms with Crippen molar-refractivity contribution in [2.24, 2.45) is 11.8 Å². The molecule has 2 fully saturated rings. The molecule has 0 bridgehead atoms. The fourth-order valence-corrected chi connectivity index (χ4v) is 5.26. The summed E-state index contributed by atoms with van der Waals surface area (Å²) < 4.78 is 11.2. The second-order valence-electron chi connectivity index (χ2n) is 9.78. The van der Waals surface area contributed by atoms with Gasteiger partial charge >= 0.3 is 6.01 Å². The molecule has 0 radical (unpaired) electrons. The minimum Gasteiger partial charge on any atom is -0.478 e. The van der Waals surface area contributed by atoms with Crippen LogP contribution in [0.15, 0.2) is 12.4 Å². The van der Waals surface area contributed by atoms with Crippen molar-refractivity contribution >= 4 is 0 Å². The summed E-state index contributed by atoms with van der Waals surface area (Å²) in [7, 11) is 0. The number of fused-ring (bicyclic) bond motifs is 1. The number of nitrogens with one attached hydrogen (secondary N) is 1. The van der Waals surface area contributed by atoms with Gasteiger partial charge in [-0.1, -0.05) is 20.8 Å². The van der Waals surface area contributed by atoms with Crippen molar-refractivity contribution in [2.45, 2.75) is 65.0 Å². The molecule has 1 saturated heterocycles. The maximum absolute atomic E-state index is 11.8. The molecule has 0 aromatic carbocycles. The van der Waals surface area contributed by atoms with Crippen LogP contribution in [0.2, 0.25) is 0 Å². The molecule has 3 atom stereocenters. The highest BCUT2D eigenvalue weighted by atomic mass is 16.5. The van der Waals surface area contributed by atoms with Crippen LogP contribution in [0.4, 0.5) is 0 Å². The summed E-state index contributed by atoms with van der Waals surface area (Å²) in [5.41, 5.74) is 2.13. The molecule has 8 heteroatoms. The highest BCUT2D eigenvalue weighted by Crippen LogP contribution is 2.52. The monoisotopic (exact) mass is 429 g/mol. The molecule has 3 heterocycles. The summed E-state index contributed by atoms with van der Waals surface area (Å²) in [4.78, 5) is 11.2. The number of aromatic amines is 1. The van der Waals surface area contributed by atoms with Crippen LogP contribution >= 0.6 is 0 Å². The van der Waals surface area contributed by atoms with Gasteiger partial charge in [-0.3, -0.25) is 10.00 Å². The van der Waals surface area contributed by atoms with Gasteiger partial charge in [0.05, 0.1) is 25.0 Å². The van der Waals surface area contributed by atoms with E-state index in [0.29, 0.717) is 37.0 Å². The van der Waals surface area contributed by atoms with Gasteiger partial charge in [0.2, 0.25) is 5.88 Å². The van der Waals surface area contributed by atoms with Crippen LogP contribution < -0.4 is 9.47 Å². The highest BCUT2D eigenvalue weighted by molar-refractivity contribution is 5.34. The second kappa shape index (κ2) is 8.39. The minimum absolute atomic E-state index is 0.0220. The molecule has 1 aliphatic heterocycles. The van der Waals surface area contributed by atoms with Gasteiger partial charge in [0.15, 0.2) is 0 Å². The van der Waals surface area contributed by atoms with Crippen LogP contribution in [-0.2, 0) is 17.6 Å². The lowest BCUT2D eigenvalue weighted by atomic mass is 9.83. The Morgan fingerprint density at radius 3 is 2.68 bits per heavy atom. The third-order valence-electron chi connectivity index (χ3n) is 6.64. The Bertz CT molecular complexity index is 909. The Balaban J connectivity index is 1.56. The lowest BCUT2D eigenvalue weighted by Crippen LogP contribution is -2.35. The molecule has 2 N–H and O–H groups in total. The quantitative estimate of drug-likeness (QED) is 0.698. The third-order valence-corrected chi connectivity index (χ3v) is 6.64. The topological polar surface area (TPSA) is 96.4 Å². The predicted octanol–water partition coefficient (Wildman–Crippen LogP) is 3.02. The zero-order valence-corrected chi connectivity index (χ0v) is 19.3. The maximum atomic E-state index is 11.8. The van der Waals surface area contributed by atoms with E-state index in [1.54, 1.807) is 6.20 Å². The van der Waals surface area contributed by atoms with Gasteiger partial charge in [0.1, 0.15) is 5.60 Å². The van der Waals surface area contributed by atoms with Crippen LogP contribution in [0.3, 0.4) is 0 Å². The number of rotatable bonds is 7. The number of likely N-dealkylation sites (tertiary alicyclic amines) is 1. The average molecular weight is 430 g/mol. The Kier molecular flexibility index (Phi) is 5.96. The van der Waals surface area contributed by atoms with Crippen molar-refractivity contribution in [2.75, 3.05) is 26.3 Å². The van der Waals surface area contributed by atoms with E-state index in [1.165, 1.54) is 11.3 Å². The normalized spacial score (nSPS) is 26.3. The standard InChI is InChI=1S/C23H35N5O3/c1-6-30-20-17(11-24-21(26-20)31-7-2)23(29)9-8-15-12-28(14-18(15)23)13-16-10-25-27-19(16)22(3,4)5/h10-11,15,18,29H,6-9,12-14H2,1-5H3,(H,25,27)/t15-,18+,23+/m0/s1. The third kappa shape index (κ3) is 4.15. The summed E-state index contributed by atoms with van der Waals surface area (Å²) in [6.45, 7) is 14.0. The van der Waals surface area contributed by atoms with Crippen molar-refractivity contribution < 1.29 is 14.6 Å². The van der Waals surface area contributed by atoms with Crippen LogP contribution in [0.25, 0.3) is 0 Å². The van der Waals surface area contributed by atoms with Crippen LogP contribution in [0.1, 0.15) is 64.3 Å². The Morgan fingerprint density at radius 1 is 1.19 bits per heavy atom. The van der Waals surface area contributed by atoms with Crippen LogP contribution in [0, 0.1) is 11.8 Å². The number of hydrogen-bond acceptors (Lipinski definition) is 7. The molecule has 0 amide bonds. The molecule has 0 spiro atoms. The van der Waals surface area contributed by atoms with Crippen LogP contribution in [0.5, 0.6) is 11.9 Å². The Labute approximate surface area is 184 Å². The largest absolute Gasteiger partial charge is 0.478 e. The summed E-state index contributed by atoms with van der Waals surface area (Å²) in [5, 5.41) is 19.3. The van der Waals surface area contributed by atoms with Gasteiger partial charge in [-0.05, 0) is 32.6 Å². The molecular weight excluding hydrogens is 394 g/mol. The first kappa shape index (κ1) is 22.0. The SMILES string of the molecule is CCOc1ncc([C@]2(O)CC[C@H]3CN(Cc4cn[nH]c4C(C)(C)C)C[C@H]32)c(OCC)n1. The van der Waals surface area contributed by atoms with Crippen LogP contribution in [-0.4, -0.2) is 56.5 Å². The lowest BCUT2D eigenvalue weighted by molar-refractivity contribution is -0.0102. The van der Waals surface area contributed by atoms with Gasteiger partial charge in [-0.2, -0.15) is 10.1 Å². The number of nitrogens with zero attached hydrogens (tertiary/aromatic N) is 4. The highest BCUT2D eigenvalue weighted by Gasteiger charge is 2.54. The first-order chi connectivity index (χ1) is 14.8. The van der Waals surface area contributed by atoms with Gasteiger partial charge < -0.3 is 14.6 Å². The van der Waals surface area contributed by atoms with E-state index in [4.69, 9.17) is 9.47 Å². The molecule has 2 aliphatic rings. The van der Waals surface area contributed by atoms with E-state index >= 15 is 0 Å². The summed E-state index contributed by atoms with van der Waals surface area (Å²) in [5.74, 6) is 1.00. The number of ether oxygens (including phenoxy) is 2.